The number of aromatic nitrogens is 1. The van der Waals surface area contributed by atoms with Crippen LogP contribution in [0.15, 0.2) is 29.6 Å². The van der Waals surface area contributed by atoms with Gasteiger partial charge in [-0.1, -0.05) is 12.1 Å². The number of amides is 1. The number of carbonyl (C=O) groups is 2. The SMILES string of the molecule is CC(C)(NC(=O)c1csc(Cc2cccc(F)c2)n1)C(=O)O. The van der Waals surface area contributed by atoms with E-state index in [1.165, 1.54) is 37.3 Å². The molecule has 0 unspecified atom stereocenters. The summed E-state index contributed by atoms with van der Waals surface area (Å²) in [7, 11) is 0. The van der Waals surface area contributed by atoms with E-state index in [2.05, 4.69) is 10.3 Å². The van der Waals surface area contributed by atoms with Gasteiger partial charge >= 0.3 is 5.97 Å². The topological polar surface area (TPSA) is 79.3 Å². The molecule has 0 radical (unpaired) electrons. The maximum atomic E-state index is 13.1. The molecule has 7 heteroatoms. The molecule has 0 aliphatic rings. The van der Waals surface area contributed by atoms with E-state index in [0.29, 0.717) is 11.4 Å². The van der Waals surface area contributed by atoms with Gasteiger partial charge in [-0.25, -0.2) is 14.2 Å². The minimum atomic E-state index is -1.37. The summed E-state index contributed by atoms with van der Waals surface area (Å²) >= 11 is 1.27. The van der Waals surface area contributed by atoms with Crippen LogP contribution in [0, 0.1) is 5.82 Å². The van der Waals surface area contributed by atoms with Gasteiger partial charge in [-0.2, -0.15) is 0 Å². The van der Waals surface area contributed by atoms with E-state index in [-0.39, 0.29) is 11.5 Å². The summed E-state index contributed by atoms with van der Waals surface area (Å²) < 4.78 is 13.1. The van der Waals surface area contributed by atoms with E-state index in [4.69, 9.17) is 5.11 Å². The Morgan fingerprint density at radius 3 is 2.77 bits per heavy atom. The van der Waals surface area contributed by atoms with Crippen molar-refractivity contribution in [1.82, 2.24) is 10.3 Å². The molecule has 22 heavy (non-hydrogen) atoms. The lowest BCUT2D eigenvalue weighted by atomic mass is 10.1. The smallest absolute Gasteiger partial charge is 0.328 e. The number of halogens is 1. The van der Waals surface area contributed by atoms with Gasteiger partial charge in [-0.15, -0.1) is 11.3 Å². The number of carboxylic acids is 1. The second-order valence-electron chi connectivity index (χ2n) is 5.32. The first kappa shape index (κ1) is 16.1. The largest absolute Gasteiger partial charge is 0.480 e. The molecule has 0 fully saturated rings. The number of aliphatic carboxylic acids is 1. The first-order chi connectivity index (χ1) is 10.3. The van der Waals surface area contributed by atoms with Gasteiger partial charge in [0, 0.05) is 11.8 Å². The molecule has 1 aromatic carbocycles. The Hall–Kier alpha value is -2.28. The average Bonchev–Trinajstić information content (AvgIpc) is 2.86. The van der Waals surface area contributed by atoms with Crippen molar-refractivity contribution in [3.63, 3.8) is 0 Å². The van der Waals surface area contributed by atoms with Crippen LogP contribution in [0.5, 0.6) is 0 Å². The molecule has 116 valence electrons. The summed E-state index contributed by atoms with van der Waals surface area (Å²) in [6.07, 6.45) is 0.415. The van der Waals surface area contributed by atoms with Crippen molar-refractivity contribution < 1.29 is 19.1 Å². The minimum absolute atomic E-state index is 0.158. The number of carbonyl (C=O) groups excluding carboxylic acids is 1. The molecule has 0 saturated heterocycles. The number of benzene rings is 1. The van der Waals surface area contributed by atoms with Gasteiger partial charge in [0.1, 0.15) is 17.1 Å². The van der Waals surface area contributed by atoms with Gasteiger partial charge in [-0.05, 0) is 31.5 Å². The summed E-state index contributed by atoms with van der Waals surface area (Å²) in [6.45, 7) is 2.79. The number of thiazole rings is 1. The number of rotatable bonds is 5. The standard InChI is InChI=1S/C15H15FN2O3S/c1-15(2,14(20)21)18-13(19)11-8-22-12(17-11)7-9-4-3-5-10(16)6-9/h3-6,8H,7H2,1-2H3,(H,18,19)(H,20,21). The highest BCUT2D eigenvalue weighted by atomic mass is 32.1. The third kappa shape index (κ3) is 3.88. The van der Waals surface area contributed by atoms with Gasteiger partial charge < -0.3 is 10.4 Å². The fourth-order valence-corrected chi connectivity index (χ4v) is 2.53. The van der Waals surface area contributed by atoms with E-state index in [1.807, 2.05) is 0 Å². The predicted octanol–water partition coefficient (Wildman–Crippen LogP) is 2.47. The summed E-state index contributed by atoms with van der Waals surface area (Å²) in [6, 6.07) is 6.16. The van der Waals surface area contributed by atoms with E-state index in [9.17, 15) is 14.0 Å². The summed E-state index contributed by atoms with van der Waals surface area (Å²) in [5, 5.41) is 13.6. The molecular formula is C15H15FN2O3S. The maximum absolute atomic E-state index is 13.1. The molecule has 0 spiro atoms. The number of hydrogen-bond acceptors (Lipinski definition) is 4. The maximum Gasteiger partial charge on any atom is 0.328 e. The van der Waals surface area contributed by atoms with E-state index >= 15 is 0 Å². The van der Waals surface area contributed by atoms with E-state index < -0.39 is 17.4 Å². The van der Waals surface area contributed by atoms with Crippen molar-refractivity contribution in [3.8, 4) is 0 Å². The third-order valence-electron chi connectivity index (χ3n) is 2.99. The van der Waals surface area contributed by atoms with Crippen LogP contribution in [0.25, 0.3) is 0 Å². The Morgan fingerprint density at radius 1 is 1.41 bits per heavy atom. The molecule has 2 N–H and O–H groups in total. The van der Waals surface area contributed by atoms with Gasteiger partial charge in [0.05, 0.1) is 5.01 Å². The van der Waals surface area contributed by atoms with Crippen LogP contribution in [-0.2, 0) is 11.2 Å². The average molecular weight is 322 g/mol. The second kappa shape index (κ2) is 6.23. The van der Waals surface area contributed by atoms with Crippen LogP contribution in [0.4, 0.5) is 4.39 Å². The van der Waals surface area contributed by atoms with Crippen LogP contribution in [0.3, 0.4) is 0 Å². The molecule has 0 bridgehead atoms. The van der Waals surface area contributed by atoms with Gasteiger partial charge in [0.15, 0.2) is 0 Å². The van der Waals surface area contributed by atoms with Crippen molar-refractivity contribution >= 4 is 23.2 Å². The molecule has 0 aliphatic carbocycles. The Bertz CT molecular complexity index is 712. The van der Waals surface area contributed by atoms with Gasteiger partial charge in [-0.3, -0.25) is 4.79 Å². The Labute approximate surface area is 130 Å². The molecule has 1 aromatic heterocycles. The zero-order valence-electron chi connectivity index (χ0n) is 12.1. The highest BCUT2D eigenvalue weighted by Crippen LogP contribution is 2.16. The number of nitrogens with one attached hydrogen (secondary N) is 1. The van der Waals surface area contributed by atoms with Crippen LogP contribution >= 0.6 is 11.3 Å². The fourth-order valence-electron chi connectivity index (χ4n) is 1.72. The van der Waals surface area contributed by atoms with Gasteiger partial charge in [0.25, 0.3) is 5.91 Å². The molecule has 2 aromatic rings. The van der Waals surface area contributed by atoms with E-state index in [0.717, 1.165) is 5.56 Å². The molecule has 1 heterocycles. The Balaban J connectivity index is 2.08. The van der Waals surface area contributed by atoms with Crippen molar-refractivity contribution in [2.75, 3.05) is 0 Å². The quantitative estimate of drug-likeness (QED) is 0.886. The zero-order valence-corrected chi connectivity index (χ0v) is 12.9. The number of hydrogen-bond donors (Lipinski definition) is 2. The van der Waals surface area contributed by atoms with E-state index in [1.54, 1.807) is 17.5 Å². The Morgan fingerprint density at radius 2 is 2.14 bits per heavy atom. The summed E-state index contributed by atoms with van der Waals surface area (Å²) in [5.74, 6) is -2.00. The number of nitrogens with zero attached hydrogens (tertiary/aromatic N) is 1. The highest BCUT2D eigenvalue weighted by molar-refractivity contribution is 7.09. The molecule has 2 rings (SSSR count). The molecule has 0 aliphatic heterocycles. The second-order valence-corrected chi connectivity index (χ2v) is 6.26. The molecular weight excluding hydrogens is 307 g/mol. The van der Waals surface area contributed by atoms with Crippen LogP contribution in [0.1, 0.15) is 34.9 Å². The summed E-state index contributed by atoms with van der Waals surface area (Å²) in [5.41, 5.74) is -0.457. The lowest BCUT2D eigenvalue weighted by molar-refractivity contribution is -0.143. The normalized spacial score (nSPS) is 11.2. The lowest BCUT2D eigenvalue weighted by Crippen LogP contribution is -2.49. The third-order valence-corrected chi connectivity index (χ3v) is 3.84. The molecule has 5 nitrogen and oxygen atoms in total. The highest BCUT2D eigenvalue weighted by Gasteiger charge is 2.30. The lowest BCUT2D eigenvalue weighted by Gasteiger charge is -2.20. The number of carboxylic acid groups (broad SMARTS) is 1. The molecule has 0 atom stereocenters. The monoisotopic (exact) mass is 322 g/mol. The van der Waals surface area contributed by atoms with Crippen molar-refractivity contribution in [3.05, 3.63) is 51.7 Å². The first-order valence-electron chi connectivity index (χ1n) is 6.53. The van der Waals surface area contributed by atoms with Crippen LogP contribution in [0.2, 0.25) is 0 Å². The fraction of sp³-hybridized carbons (Fsp3) is 0.267. The minimum Gasteiger partial charge on any atom is -0.480 e. The zero-order chi connectivity index (χ0) is 16.3. The van der Waals surface area contributed by atoms with Crippen LogP contribution in [-0.4, -0.2) is 27.5 Å². The predicted molar refractivity (Wildman–Crippen MR) is 80.5 cm³/mol. The first-order valence-corrected chi connectivity index (χ1v) is 7.40. The van der Waals surface area contributed by atoms with Crippen molar-refractivity contribution in [2.45, 2.75) is 25.8 Å². The molecule has 0 saturated carbocycles. The van der Waals surface area contributed by atoms with Crippen molar-refractivity contribution in [1.29, 1.82) is 0 Å². The molecule has 1 amide bonds. The van der Waals surface area contributed by atoms with Crippen LogP contribution < -0.4 is 5.32 Å². The van der Waals surface area contributed by atoms with Crippen molar-refractivity contribution in [2.24, 2.45) is 0 Å². The Kier molecular flexibility index (Phi) is 4.56. The summed E-state index contributed by atoms with van der Waals surface area (Å²) in [4.78, 5) is 27.2. The van der Waals surface area contributed by atoms with Gasteiger partial charge in [0.2, 0.25) is 0 Å².